The van der Waals surface area contributed by atoms with E-state index in [1.54, 1.807) is 0 Å². The smallest absolute Gasteiger partial charge is 0.0601 e. The molecule has 3 atom stereocenters. The van der Waals surface area contributed by atoms with Gasteiger partial charge in [0.2, 0.25) is 0 Å². The molecule has 2 bridgehead atoms. The van der Waals surface area contributed by atoms with E-state index in [-0.39, 0.29) is 17.6 Å². The molecule has 0 aromatic heterocycles. The summed E-state index contributed by atoms with van der Waals surface area (Å²) < 4.78 is 0. The van der Waals surface area contributed by atoms with Crippen molar-refractivity contribution >= 4 is 0 Å². The van der Waals surface area contributed by atoms with E-state index in [2.05, 4.69) is 20.8 Å². The molecule has 3 unspecified atom stereocenters. The third kappa shape index (κ3) is 2.34. The highest BCUT2D eigenvalue weighted by Crippen LogP contribution is 2.65. The highest BCUT2D eigenvalue weighted by Gasteiger charge is 2.60. The second kappa shape index (κ2) is 5.13. The summed E-state index contributed by atoms with van der Waals surface area (Å²) in [5, 5.41) is 18.7. The minimum absolute atomic E-state index is 0.0313. The Morgan fingerprint density at radius 1 is 0.889 bits per heavy atom. The van der Waals surface area contributed by atoms with Gasteiger partial charge >= 0.3 is 0 Å². The molecule has 3 saturated carbocycles. The minimum atomic E-state index is -0.0313. The maximum Gasteiger partial charge on any atom is 0.0601 e. The molecule has 2 nitrogen and oxygen atoms in total. The lowest BCUT2D eigenvalue weighted by Crippen LogP contribution is -2.35. The van der Waals surface area contributed by atoms with E-state index in [0.29, 0.717) is 5.41 Å². The lowest BCUT2D eigenvalue weighted by atomic mass is 9.70. The molecule has 18 heavy (non-hydrogen) atoms. The normalized spacial score (nSPS) is 42.5. The van der Waals surface area contributed by atoms with E-state index in [1.165, 1.54) is 32.1 Å². The van der Waals surface area contributed by atoms with Crippen LogP contribution in [0.25, 0.3) is 0 Å². The highest BCUT2D eigenvalue weighted by atomic mass is 16.3. The first-order chi connectivity index (χ1) is 8.38. The Bertz CT molecular complexity index is 281. The monoisotopic (exact) mass is 254 g/mol. The van der Waals surface area contributed by atoms with Gasteiger partial charge in [-0.3, -0.25) is 0 Å². The van der Waals surface area contributed by atoms with Gasteiger partial charge in [-0.1, -0.05) is 40.0 Å². The molecule has 3 aliphatic rings. The van der Waals surface area contributed by atoms with Gasteiger partial charge in [0.05, 0.1) is 12.2 Å². The van der Waals surface area contributed by atoms with Crippen LogP contribution < -0.4 is 0 Å². The van der Waals surface area contributed by atoms with E-state index in [4.69, 9.17) is 5.11 Å². The Balaban J connectivity index is 0.000000149. The van der Waals surface area contributed by atoms with E-state index in [9.17, 15) is 5.11 Å². The fourth-order valence-electron chi connectivity index (χ4n) is 4.24. The predicted octanol–water partition coefficient (Wildman–Crippen LogP) is 3.50. The Morgan fingerprint density at radius 2 is 1.50 bits per heavy atom. The first kappa shape index (κ1) is 14.3. The van der Waals surface area contributed by atoms with Gasteiger partial charge in [0, 0.05) is 0 Å². The van der Waals surface area contributed by atoms with Crippen LogP contribution in [0.1, 0.15) is 72.1 Å². The van der Waals surface area contributed by atoms with Crippen molar-refractivity contribution in [3.8, 4) is 0 Å². The van der Waals surface area contributed by atoms with Crippen LogP contribution in [0.4, 0.5) is 0 Å². The molecular weight excluding hydrogens is 224 g/mol. The second-order valence-electron chi connectivity index (χ2n) is 7.42. The SMILES string of the molecule is CC1(C)C2CCC1(C)C(O)C2.OC1CCCCC1. The summed E-state index contributed by atoms with van der Waals surface area (Å²) in [4.78, 5) is 0. The zero-order valence-electron chi connectivity index (χ0n) is 12.3. The van der Waals surface area contributed by atoms with Crippen molar-refractivity contribution in [3.63, 3.8) is 0 Å². The second-order valence-corrected chi connectivity index (χ2v) is 7.42. The van der Waals surface area contributed by atoms with Crippen LogP contribution in [0.2, 0.25) is 0 Å². The van der Waals surface area contributed by atoms with Gasteiger partial charge < -0.3 is 10.2 Å². The molecule has 0 heterocycles. The van der Waals surface area contributed by atoms with Crippen LogP contribution in [-0.4, -0.2) is 22.4 Å². The highest BCUT2D eigenvalue weighted by molar-refractivity contribution is 5.10. The number of fused-ring (bicyclic) bond motifs is 2. The quantitative estimate of drug-likeness (QED) is 0.694. The van der Waals surface area contributed by atoms with Gasteiger partial charge in [-0.05, 0) is 48.9 Å². The molecule has 3 fully saturated rings. The summed E-state index contributed by atoms with van der Waals surface area (Å²) in [6, 6.07) is 0. The fraction of sp³-hybridized carbons (Fsp3) is 1.00. The van der Waals surface area contributed by atoms with Gasteiger partial charge in [-0.25, -0.2) is 0 Å². The van der Waals surface area contributed by atoms with Gasteiger partial charge in [-0.15, -0.1) is 0 Å². The summed E-state index contributed by atoms with van der Waals surface area (Å²) in [6.45, 7) is 6.90. The average Bonchev–Trinajstić information content (AvgIpc) is 2.64. The molecule has 3 aliphatic carbocycles. The Morgan fingerprint density at radius 3 is 1.72 bits per heavy atom. The zero-order valence-corrected chi connectivity index (χ0v) is 12.3. The van der Waals surface area contributed by atoms with Crippen LogP contribution >= 0.6 is 0 Å². The molecule has 0 aliphatic heterocycles. The molecule has 2 N–H and O–H groups in total. The van der Waals surface area contributed by atoms with E-state index in [0.717, 1.165) is 25.2 Å². The van der Waals surface area contributed by atoms with Crippen LogP contribution in [0.5, 0.6) is 0 Å². The minimum Gasteiger partial charge on any atom is -0.393 e. The van der Waals surface area contributed by atoms with Gasteiger partial charge in [0.1, 0.15) is 0 Å². The summed E-state index contributed by atoms with van der Waals surface area (Å²) in [6.07, 6.45) is 9.50. The molecule has 0 aromatic carbocycles. The first-order valence-electron chi connectivity index (χ1n) is 7.74. The van der Waals surface area contributed by atoms with Crippen molar-refractivity contribution in [2.75, 3.05) is 0 Å². The Labute approximate surface area is 112 Å². The third-order valence-corrected chi connectivity index (χ3v) is 6.32. The van der Waals surface area contributed by atoms with Gasteiger partial charge in [0.15, 0.2) is 0 Å². The summed E-state index contributed by atoms with van der Waals surface area (Å²) in [5.74, 6) is 0.780. The zero-order chi connectivity index (χ0) is 13.4. The van der Waals surface area contributed by atoms with Crippen LogP contribution in [0, 0.1) is 16.7 Å². The van der Waals surface area contributed by atoms with Crippen molar-refractivity contribution in [1.29, 1.82) is 0 Å². The van der Waals surface area contributed by atoms with Gasteiger partial charge in [-0.2, -0.15) is 0 Å². The van der Waals surface area contributed by atoms with Crippen molar-refractivity contribution < 1.29 is 10.2 Å². The largest absolute Gasteiger partial charge is 0.393 e. The molecule has 0 saturated heterocycles. The lowest BCUT2D eigenvalue weighted by Gasteiger charge is -2.36. The Hall–Kier alpha value is -0.0800. The maximum atomic E-state index is 9.81. The number of hydrogen-bond donors (Lipinski definition) is 2. The number of aliphatic hydroxyl groups is 2. The van der Waals surface area contributed by atoms with Crippen LogP contribution in [0.3, 0.4) is 0 Å². The first-order valence-corrected chi connectivity index (χ1v) is 7.74. The van der Waals surface area contributed by atoms with Crippen molar-refractivity contribution in [2.24, 2.45) is 16.7 Å². The number of aliphatic hydroxyl groups excluding tert-OH is 2. The third-order valence-electron chi connectivity index (χ3n) is 6.32. The number of rotatable bonds is 0. The molecule has 106 valence electrons. The number of hydrogen-bond acceptors (Lipinski definition) is 2. The van der Waals surface area contributed by atoms with E-state index < -0.39 is 0 Å². The molecule has 0 aromatic rings. The molecule has 3 rings (SSSR count). The topological polar surface area (TPSA) is 40.5 Å². The molecule has 0 radical (unpaired) electrons. The van der Waals surface area contributed by atoms with Crippen molar-refractivity contribution in [2.45, 2.75) is 84.3 Å². The summed E-state index contributed by atoms with van der Waals surface area (Å²) >= 11 is 0. The van der Waals surface area contributed by atoms with Crippen molar-refractivity contribution in [3.05, 3.63) is 0 Å². The molecule has 0 amide bonds. The van der Waals surface area contributed by atoms with E-state index >= 15 is 0 Å². The van der Waals surface area contributed by atoms with Crippen LogP contribution in [0.15, 0.2) is 0 Å². The molecule has 2 heteroatoms. The molecule has 0 spiro atoms. The standard InChI is InChI=1S/C10H18O.C6H12O/c1-9(2)7-4-5-10(9,3)8(11)6-7;7-6-4-2-1-3-5-6/h7-8,11H,4-6H2,1-3H3;6-7H,1-5H2. The van der Waals surface area contributed by atoms with Crippen molar-refractivity contribution in [1.82, 2.24) is 0 Å². The lowest BCUT2D eigenvalue weighted by molar-refractivity contribution is 0.0126. The Kier molecular flexibility index (Phi) is 4.08. The van der Waals surface area contributed by atoms with Gasteiger partial charge in [0.25, 0.3) is 0 Å². The van der Waals surface area contributed by atoms with Crippen LogP contribution in [-0.2, 0) is 0 Å². The maximum absolute atomic E-state index is 9.81. The average molecular weight is 254 g/mol. The summed E-state index contributed by atoms with van der Waals surface area (Å²) in [7, 11) is 0. The fourth-order valence-corrected chi connectivity index (χ4v) is 4.24. The molecular formula is C16H30O2. The van der Waals surface area contributed by atoms with E-state index in [1.807, 2.05) is 0 Å². The predicted molar refractivity (Wildman–Crippen MR) is 74.3 cm³/mol. The summed E-state index contributed by atoms with van der Waals surface area (Å²) in [5.41, 5.74) is 0.601.